The fourth-order valence-electron chi connectivity index (χ4n) is 2.28. The van der Waals surface area contributed by atoms with Crippen LogP contribution in [0.25, 0.3) is 11.1 Å². The van der Waals surface area contributed by atoms with Crippen LogP contribution in [-0.4, -0.2) is 22.9 Å². The Hall–Kier alpha value is -2.08. The third kappa shape index (κ3) is 5.74. The Morgan fingerprint density at radius 1 is 1.20 bits per heavy atom. The monoisotopic (exact) mass is 366 g/mol. The molecule has 0 unspecified atom stereocenters. The highest BCUT2D eigenvalue weighted by Gasteiger charge is 2.12. The summed E-state index contributed by atoms with van der Waals surface area (Å²) in [6, 6.07) is 8.86. The van der Waals surface area contributed by atoms with Gasteiger partial charge in [-0.1, -0.05) is 6.07 Å². The average molecular weight is 366 g/mol. The van der Waals surface area contributed by atoms with Gasteiger partial charge in [-0.2, -0.15) is 0 Å². The van der Waals surface area contributed by atoms with E-state index in [1.54, 1.807) is 12.1 Å². The van der Waals surface area contributed by atoms with Crippen molar-refractivity contribution < 1.29 is 23.4 Å². The Kier molecular flexibility index (Phi) is 6.82. The summed E-state index contributed by atoms with van der Waals surface area (Å²) in [7, 11) is 0. The molecule has 0 aliphatic carbocycles. The molecule has 2 rings (SSSR count). The SMILES string of the molecule is CC(C)Oc1ccc(F)cc1-c1ccc(SCCCC(=O)O)c(F)c1. The molecule has 0 saturated heterocycles. The summed E-state index contributed by atoms with van der Waals surface area (Å²) in [6.07, 6.45) is 0.446. The van der Waals surface area contributed by atoms with Crippen molar-refractivity contribution in [3.8, 4) is 16.9 Å². The van der Waals surface area contributed by atoms with E-state index in [0.29, 0.717) is 33.9 Å². The number of halogens is 2. The highest BCUT2D eigenvalue weighted by Crippen LogP contribution is 2.34. The van der Waals surface area contributed by atoms with Gasteiger partial charge in [-0.3, -0.25) is 4.79 Å². The number of hydrogen-bond donors (Lipinski definition) is 1. The van der Waals surface area contributed by atoms with E-state index in [1.807, 2.05) is 13.8 Å². The molecule has 0 aromatic heterocycles. The predicted octanol–water partition coefficient (Wildman–Crippen LogP) is 5.38. The van der Waals surface area contributed by atoms with E-state index in [4.69, 9.17) is 9.84 Å². The Labute approximate surface area is 150 Å². The zero-order chi connectivity index (χ0) is 18.4. The summed E-state index contributed by atoms with van der Waals surface area (Å²) < 4.78 is 33.6. The summed E-state index contributed by atoms with van der Waals surface area (Å²) >= 11 is 1.27. The zero-order valence-corrected chi connectivity index (χ0v) is 14.9. The largest absolute Gasteiger partial charge is 0.490 e. The van der Waals surface area contributed by atoms with Crippen LogP contribution in [0.15, 0.2) is 41.3 Å². The molecular formula is C19H20F2O3S. The average Bonchev–Trinajstić information content (AvgIpc) is 2.53. The number of carbonyl (C=O) groups is 1. The molecule has 3 nitrogen and oxygen atoms in total. The lowest BCUT2D eigenvalue weighted by molar-refractivity contribution is -0.137. The van der Waals surface area contributed by atoms with E-state index in [9.17, 15) is 13.6 Å². The smallest absolute Gasteiger partial charge is 0.303 e. The first-order valence-corrected chi connectivity index (χ1v) is 8.96. The Balaban J connectivity index is 2.19. The highest BCUT2D eigenvalue weighted by atomic mass is 32.2. The Bertz CT molecular complexity index is 747. The molecule has 0 saturated carbocycles. The standard InChI is InChI=1S/C19H20F2O3S/c1-12(2)24-17-7-6-14(20)11-15(17)13-5-8-18(16(21)10-13)25-9-3-4-19(22)23/h5-8,10-12H,3-4,9H2,1-2H3,(H,22,23). The van der Waals surface area contributed by atoms with Gasteiger partial charge in [0.25, 0.3) is 0 Å². The number of benzene rings is 2. The third-order valence-electron chi connectivity index (χ3n) is 3.34. The highest BCUT2D eigenvalue weighted by molar-refractivity contribution is 7.99. The van der Waals surface area contributed by atoms with Crippen molar-refractivity contribution in [1.82, 2.24) is 0 Å². The van der Waals surface area contributed by atoms with Crippen LogP contribution in [0.5, 0.6) is 5.75 Å². The van der Waals surface area contributed by atoms with E-state index in [2.05, 4.69) is 0 Å². The summed E-state index contributed by atoms with van der Waals surface area (Å²) in [5.41, 5.74) is 1.03. The molecule has 0 fully saturated rings. The second kappa shape index (κ2) is 8.85. The minimum absolute atomic E-state index is 0.0614. The maximum Gasteiger partial charge on any atom is 0.303 e. The minimum Gasteiger partial charge on any atom is -0.490 e. The number of hydrogen-bond acceptors (Lipinski definition) is 3. The van der Waals surface area contributed by atoms with Gasteiger partial charge in [0.15, 0.2) is 0 Å². The van der Waals surface area contributed by atoms with Crippen molar-refractivity contribution in [2.45, 2.75) is 37.7 Å². The maximum absolute atomic E-state index is 14.3. The van der Waals surface area contributed by atoms with Crippen molar-refractivity contribution in [2.24, 2.45) is 0 Å². The van der Waals surface area contributed by atoms with Crippen LogP contribution in [0.3, 0.4) is 0 Å². The lowest BCUT2D eigenvalue weighted by Crippen LogP contribution is -2.06. The lowest BCUT2D eigenvalue weighted by Gasteiger charge is -2.15. The van der Waals surface area contributed by atoms with Crippen LogP contribution in [0.1, 0.15) is 26.7 Å². The normalized spacial score (nSPS) is 10.9. The van der Waals surface area contributed by atoms with Gasteiger partial charge >= 0.3 is 5.97 Å². The summed E-state index contributed by atoms with van der Waals surface area (Å²) in [6.45, 7) is 3.73. The van der Waals surface area contributed by atoms with Crippen molar-refractivity contribution in [3.63, 3.8) is 0 Å². The summed E-state index contributed by atoms with van der Waals surface area (Å²) in [5, 5.41) is 8.61. The molecule has 0 aliphatic heterocycles. The molecule has 1 N–H and O–H groups in total. The Morgan fingerprint density at radius 2 is 1.96 bits per heavy atom. The molecule has 0 amide bonds. The molecule has 0 spiro atoms. The van der Waals surface area contributed by atoms with Gasteiger partial charge in [0.2, 0.25) is 0 Å². The molecule has 0 heterocycles. The fraction of sp³-hybridized carbons (Fsp3) is 0.316. The van der Waals surface area contributed by atoms with Crippen molar-refractivity contribution in [2.75, 3.05) is 5.75 Å². The first-order chi connectivity index (χ1) is 11.9. The summed E-state index contributed by atoms with van der Waals surface area (Å²) in [4.78, 5) is 10.9. The van der Waals surface area contributed by atoms with Gasteiger partial charge in [-0.25, -0.2) is 8.78 Å². The van der Waals surface area contributed by atoms with Gasteiger partial charge in [0, 0.05) is 16.9 Å². The minimum atomic E-state index is -0.861. The molecular weight excluding hydrogens is 346 g/mol. The van der Waals surface area contributed by atoms with Crippen LogP contribution in [0, 0.1) is 11.6 Å². The van der Waals surface area contributed by atoms with Gasteiger partial charge in [0.05, 0.1) is 6.10 Å². The second-order valence-corrected chi connectivity index (χ2v) is 6.93. The molecule has 0 aliphatic rings. The first kappa shape index (κ1) is 19.2. The molecule has 0 radical (unpaired) electrons. The zero-order valence-electron chi connectivity index (χ0n) is 14.1. The topological polar surface area (TPSA) is 46.5 Å². The van der Waals surface area contributed by atoms with Gasteiger partial charge < -0.3 is 9.84 Å². The van der Waals surface area contributed by atoms with E-state index in [-0.39, 0.29) is 12.5 Å². The van der Waals surface area contributed by atoms with Crippen molar-refractivity contribution in [1.29, 1.82) is 0 Å². The first-order valence-electron chi connectivity index (χ1n) is 7.97. The van der Waals surface area contributed by atoms with Gasteiger partial charge in [-0.05, 0) is 61.9 Å². The molecule has 2 aromatic carbocycles. The molecule has 2 aromatic rings. The van der Waals surface area contributed by atoms with E-state index >= 15 is 0 Å². The Morgan fingerprint density at radius 3 is 2.60 bits per heavy atom. The quantitative estimate of drug-likeness (QED) is 0.503. The van der Waals surface area contributed by atoms with Crippen LogP contribution >= 0.6 is 11.8 Å². The number of rotatable bonds is 8. The van der Waals surface area contributed by atoms with E-state index < -0.39 is 17.6 Å². The maximum atomic E-state index is 14.3. The number of carboxylic acids is 1. The fourth-order valence-corrected chi connectivity index (χ4v) is 3.15. The number of ether oxygens (including phenoxy) is 1. The summed E-state index contributed by atoms with van der Waals surface area (Å²) in [5.74, 6) is -0.682. The van der Waals surface area contributed by atoms with Crippen molar-refractivity contribution in [3.05, 3.63) is 48.0 Å². The lowest BCUT2D eigenvalue weighted by atomic mass is 10.0. The van der Waals surface area contributed by atoms with Crippen LogP contribution < -0.4 is 4.74 Å². The van der Waals surface area contributed by atoms with E-state index in [0.717, 1.165) is 0 Å². The number of thioether (sulfide) groups is 1. The third-order valence-corrected chi connectivity index (χ3v) is 4.47. The number of aliphatic carboxylic acids is 1. The number of carboxylic acid groups (broad SMARTS) is 1. The van der Waals surface area contributed by atoms with Gasteiger partial charge in [-0.15, -0.1) is 11.8 Å². The predicted molar refractivity (Wildman–Crippen MR) is 95.2 cm³/mol. The second-order valence-electron chi connectivity index (χ2n) is 5.80. The van der Waals surface area contributed by atoms with Crippen LogP contribution in [-0.2, 0) is 4.79 Å². The molecule has 6 heteroatoms. The molecule has 134 valence electrons. The van der Waals surface area contributed by atoms with Crippen molar-refractivity contribution >= 4 is 17.7 Å². The van der Waals surface area contributed by atoms with Crippen LogP contribution in [0.2, 0.25) is 0 Å². The molecule has 0 bridgehead atoms. The molecule has 0 atom stereocenters. The van der Waals surface area contributed by atoms with E-state index in [1.165, 1.54) is 36.0 Å². The van der Waals surface area contributed by atoms with Gasteiger partial charge in [0.1, 0.15) is 17.4 Å². The van der Waals surface area contributed by atoms with Crippen LogP contribution in [0.4, 0.5) is 8.78 Å². The molecule has 25 heavy (non-hydrogen) atoms.